The Labute approximate surface area is 105 Å². The Morgan fingerprint density at radius 3 is 2.53 bits per heavy atom. The molecule has 0 atom stereocenters. The minimum Gasteiger partial charge on any atom is -0.368 e. The second-order valence-corrected chi connectivity index (χ2v) is 3.97. The number of rotatable bonds is 2. The monoisotopic (exact) mass is 270 g/mol. The largest absolute Gasteiger partial charge is 0.418 e. The molecule has 100 valence electrons. The zero-order valence-electron chi connectivity index (χ0n) is 9.57. The second-order valence-electron chi connectivity index (χ2n) is 3.97. The predicted molar refractivity (Wildman–Crippen MR) is 62.4 cm³/mol. The number of carbonyl (C=O) groups excluding carboxylic acids is 1. The molecule has 0 bridgehead atoms. The molecule has 0 aliphatic heterocycles. The van der Waals surface area contributed by atoms with E-state index in [1.807, 2.05) is 0 Å². The van der Waals surface area contributed by atoms with Crippen molar-refractivity contribution in [2.75, 3.05) is 0 Å². The SMILES string of the molecule is NC(=O)Cn1ccc(=O)c2cccc(C(F)(F)F)c21. The molecule has 1 heterocycles. The van der Waals surface area contributed by atoms with Crippen LogP contribution in [0.4, 0.5) is 13.2 Å². The fourth-order valence-electron chi connectivity index (χ4n) is 1.90. The van der Waals surface area contributed by atoms with E-state index in [1.165, 1.54) is 6.07 Å². The van der Waals surface area contributed by atoms with Gasteiger partial charge in [-0.1, -0.05) is 6.07 Å². The summed E-state index contributed by atoms with van der Waals surface area (Å²) in [4.78, 5) is 22.5. The summed E-state index contributed by atoms with van der Waals surface area (Å²) in [5, 5.41) is -0.0985. The number of hydrogen-bond donors (Lipinski definition) is 1. The van der Waals surface area contributed by atoms with Crippen molar-refractivity contribution in [3.63, 3.8) is 0 Å². The van der Waals surface area contributed by atoms with Crippen molar-refractivity contribution in [1.29, 1.82) is 0 Å². The fourth-order valence-corrected chi connectivity index (χ4v) is 1.90. The van der Waals surface area contributed by atoms with Gasteiger partial charge in [0.1, 0.15) is 6.54 Å². The Balaban J connectivity index is 2.88. The van der Waals surface area contributed by atoms with Crippen LogP contribution in [0, 0.1) is 0 Å². The number of pyridine rings is 1. The molecule has 0 aliphatic rings. The van der Waals surface area contributed by atoms with Crippen LogP contribution in [0.25, 0.3) is 10.9 Å². The van der Waals surface area contributed by atoms with Crippen LogP contribution >= 0.6 is 0 Å². The van der Waals surface area contributed by atoms with Crippen LogP contribution in [-0.2, 0) is 17.5 Å². The van der Waals surface area contributed by atoms with Crippen LogP contribution in [0.3, 0.4) is 0 Å². The number of primary amides is 1. The van der Waals surface area contributed by atoms with Crippen molar-refractivity contribution < 1.29 is 18.0 Å². The van der Waals surface area contributed by atoms with E-state index in [9.17, 15) is 22.8 Å². The maximum Gasteiger partial charge on any atom is 0.418 e. The zero-order valence-corrected chi connectivity index (χ0v) is 9.57. The molecule has 1 amide bonds. The number of hydrogen-bond acceptors (Lipinski definition) is 2. The number of nitrogens with zero attached hydrogens (tertiary/aromatic N) is 1. The maximum absolute atomic E-state index is 12.9. The van der Waals surface area contributed by atoms with E-state index in [4.69, 9.17) is 5.73 Å². The van der Waals surface area contributed by atoms with E-state index in [1.54, 1.807) is 0 Å². The molecule has 4 nitrogen and oxygen atoms in total. The number of para-hydroxylation sites is 1. The summed E-state index contributed by atoms with van der Waals surface area (Å²) in [5.41, 5.74) is 3.15. The van der Waals surface area contributed by atoms with Gasteiger partial charge in [0, 0.05) is 17.6 Å². The van der Waals surface area contributed by atoms with Gasteiger partial charge >= 0.3 is 6.18 Å². The molecule has 0 saturated heterocycles. The molecule has 0 radical (unpaired) electrons. The van der Waals surface area contributed by atoms with E-state index >= 15 is 0 Å². The molecule has 2 N–H and O–H groups in total. The highest BCUT2D eigenvalue weighted by atomic mass is 19.4. The van der Waals surface area contributed by atoms with Crippen molar-refractivity contribution in [3.8, 4) is 0 Å². The van der Waals surface area contributed by atoms with Crippen molar-refractivity contribution in [2.24, 2.45) is 5.73 Å². The lowest BCUT2D eigenvalue weighted by molar-refractivity contribution is -0.136. The van der Waals surface area contributed by atoms with Crippen molar-refractivity contribution >= 4 is 16.8 Å². The Hall–Kier alpha value is -2.31. The standard InChI is InChI=1S/C12H9F3N2O2/c13-12(14,15)8-3-1-2-7-9(18)4-5-17(11(7)8)6-10(16)19/h1-5H,6H2,(H2,16,19). The molecule has 19 heavy (non-hydrogen) atoms. The number of halogens is 3. The highest BCUT2D eigenvalue weighted by Crippen LogP contribution is 2.33. The summed E-state index contributed by atoms with van der Waals surface area (Å²) in [6.07, 6.45) is -3.49. The summed E-state index contributed by atoms with van der Waals surface area (Å²) in [6, 6.07) is 4.40. The quantitative estimate of drug-likeness (QED) is 0.898. The van der Waals surface area contributed by atoms with Gasteiger partial charge in [-0.2, -0.15) is 13.2 Å². The average molecular weight is 270 g/mol. The first-order valence-corrected chi connectivity index (χ1v) is 5.28. The van der Waals surface area contributed by atoms with Crippen LogP contribution in [0.5, 0.6) is 0 Å². The summed E-state index contributed by atoms with van der Waals surface area (Å²) in [6.45, 7) is -0.427. The third-order valence-electron chi connectivity index (χ3n) is 2.63. The van der Waals surface area contributed by atoms with Crippen molar-refractivity contribution in [1.82, 2.24) is 4.57 Å². The van der Waals surface area contributed by atoms with Gasteiger partial charge in [0.15, 0.2) is 5.43 Å². The molecule has 0 unspecified atom stereocenters. The van der Waals surface area contributed by atoms with Gasteiger partial charge in [-0.25, -0.2) is 0 Å². The third-order valence-corrected chi connectivity index (χ3v) is 2.63. The number of alkyl halides is 3. The lowest BCUT2D eigenvalue weighted by Gasteiger charge is -2.14. The summed E-state index contributed by atoms with van der Waals surface area (Å²) >= 11 is 0. The summed E-state index contributed by atoms with van der Waals surface area (Å²) in [7, 11) is 0. The van der Waals surface area contributed by atoms with Gasteiger partial charge in [0.25, 0.3) is 0 Å². The smallest absolute Gasteiger partial charge is 0.368 e. The molecule has 0 saturated carbocycles. The van der Waals surface area contributed by atoms with Gasteiger partial charge in [-0.15, -0.1) is 0 Å². The topological polar surface area (TPSA) is 65.1 Å². The van der Waals surface area contributed by atoms with E-state index in [0.717, 1.165) is 29.0 Å². The molecule has 7 heteroatoms. The van der Waals surface area contributed by atoms with Gasteiger partial charge in [-0.3, -0.25) is 9.59 Å². The van der Waals surface area contributed by atoms with E-state index in [2.05, 4.69) is 0 Å². The number of benzene rings is 1. The van der Waals surface area contributed by atoms with E-state index in [0.29, 0.717) is 0 Å². The van der Waals surface area contributed by atoms with Gasteiger partial charge < -0.3 is 10.3 Å². The summed E-state index contributed by atoms with van der Waals surface area (Å²) < 4.78 is 39.8. The van der Waals surface area contributed by atoms with Crippen LogP contribution < -0.4 is 11.2 Å². The number of fused-ring (bicyclic) bond motifs is 1. The van der Waals surface area contributed by atoms with Gasteiger partial charge in [0.05, 0.1) is 11.1 Å². The molecule has 2 rings (SSSR count). The molecular formula is C12H9F3N2O2. The first-order valence-electron chi connectivity index (χ1n) is 5.28. The normalized spacial score (nSPS) is 11.7. The molecule has 0 aliphatic carbocycles. The van der Waals surface area contributed by atoms with Crippen LogP contribution in [0.1, 0.15) is 5.56 Å². The van der Waals surface area contributed by atoms with E-state index < -0.39 is 29.6 Å². The van der Waals surface area contributed by atoms with E-state index in [-0.39, 0.29) is 10.9 Å². The van der Waals surface area contributed by atoms with Gasteiger partial charge in [0.2, 0.25) is 5.91 Å². The average Bonchev–Trinajstić information content (AvgIpc) is 2.30. The minimum atomic E-state index is -4.62. The predicted octanol–water partition coefficient (Wildman–Crippen LogP) is 1.51. The van der Waals surface area contributed by atoms with Gasteiger partial charge in [-0.05, 0) is 12.1 Å². The lowest BCUT2D eigenvalue weighted by atomic mass is 10.1. The first-order chi connectivity index (χ1) is 8.80. The molecule has 1 aromatic heterocycles. The minimum absolute atomic E-state index is 0.0985. The second kappa shape index (κ2) is 4.42. The molecule has 0 fully saturated rings. The Morgan fingerprint density at radius 2 is 1.95 bits per heavy atom. The third kappa shape index (κ3) is 2.44. The number of aromatic nitrogens is 1. The fraction of sp³-hybridized carbons (Fsp3) is 0.167. The maximum atomic E-state index is 12.9. The highest BCUT2D eigenvalue weighted by molar-refractivity contribution is 5.84. The molecule has 0 spiro atoms. The summed E-state index contributed by atoms with van der Waals surface area (Å²) in [5.74, 6) is -0.790. The molecule has 1 aromatic carbocycles. The van der Waals surface area contributed by atoms with Crippen LogP contribution in [0.2, 0.25) is 0 Å². The van der Waals surface area contributed by atoms with Crippen molar-refractivity contribution in [3.05, 3.63) is 46.2 Å². The van der Waals surface area contributed by atoms with Crippen molar-refractivity contribution in [2.45, 2.75) is 12.7 Å². The first kappa shape index (κ1) is 13.1. The molecular weight excluding hydrogens is 261 g/mol. The Kier molecular flexibility index (Phi) is 3.05. The Morgan fingerprint density at radius 1 is 1.26 bits per heavy atom. The van der Waals surface area contributed by atoms with Crippen LogP contribution in [-0.4, -0.2) is 10.5 Å². The number of nitrogens with two attached hydrogens (primary N) is 1. The number of carbonyl (C=O) groups is 1. The zero-order chi connectivity index (χ0) is 14.2. The lowest BCUT2D eigenvalue weighted by Crippen LogP contribution is -2.22. The van der Waals surface area contributed by atoms with Crippen LogP contribution in [0.15, 0.2) is 35.3 Å². The number of amides is 1. The highest BCUT2D eigenvalue weighted by Gasteiger charge is 2.33. The Bertz CT molecular complexity index is 704. The molecule has 2 aromatic rings.